The third-order valence-corrected chi connectivity index (χ3v) is 1.50. The second kappa shape index (κ2) is 7.08. The fraction of sp³-hybridized carbons (Fsp3) is 0.889. The number of nitrogens with zero attached hydrogens (tertiary/aromatic N) is 1. The summed E-state index contributed by atoms with van der Waals surface area (Å²) >= 11 is 0. The Morgan fingerprint density at radius 1 is 1.50 bits per heavy atom. The van der Waals surface area contributed by atoms with Crippen molar-refractivity contribution in [3.63, 3.8) is 0 Å². The van der Waals surface area contributed by atoms with E-state index in [9.17, 15) is 0 Å². The highest BCUT2D eigenvalue weighted by molar-refractivity contribution is 4.77. The number of hydroxylamine groups is 1. The number of hydrogen-bond acceptors (Lipinski definition) is 3. The van der Waals surface area contributed by atoms with Crippen LogP contribution in [-0.4, -0.2) is 12.6 Å². The third kappa shape index (κ3) is 6.14. The summed E-state index contributed by atoms with van der Waals surface area (Å²) < 4.78 is 0. The second-order valence-electron chi connectivity index (χ2n) is 3.29. The second-order valence-corrected chi connectivity index (χ2v) is 3.29. The molecule has 0 aromatic rings. The van der Waals surface area contributed by atoms with Gasteiger partial charge in [-0.15, -0.1) is 0 Å². The van der Waals surface area contributed by atoms with E-state index in [0.717, 1.165) is 6.42 Å². The van der Waals surface area contributed by atoms with Gasteiger partial charge >= 0.3 is 0 Å². The maximum Gasteiger partial charge on any atom is 0.0705 e. The molecular formula is C9H18N2O. The predicted molar refractivity (Wildman–Crippen MR) is 48.2 cm³/mol. The van der Waals surface area contributed by atoms with Crippen LogP contribution in [0.25, 0.3) is 0 Å². The third-order valence-electron chi connectivity index (χ3n) is 1.50. The Labute approximate surface area is 74.7 Å². The minimum absolute atomic E-state index is 0.175. The molecule has 0 aliphatic rings. The molecule has 0 saturated carbocycles. The van der Waals surface area contributed by atoms with Crippen LogP contribution in [0.1, 0.15) is 33.6 Å². The average Bonchev–Trinajstić information content (AvgIpc) is 2.02. The first kappa shape index (κ1) is 11.4. The number of nitriles is 1. The molecule has 0 rings (SSSR count). The molecule has 0 saturated heterocycles. The number of nitrogens with one attached hydrogen (secondary N) is 1. The summed E-state index contributed by atoms with van der Waals surface area (Å²) in [6.45, 7) is 6.91. The van der Waals surface area contributed by atoms with Crippen molar-refractivity contribution in [3.8, 4) is 6.07 Å². The molecule has 1 atom stereocenters. The van der Waals surface area contributed by atoms with Crippen LogP contribution >= 0.6 is 0 Å². The molecule has 0 aliphatic carbocycles. The van der Waals surface area contributed by atoms with Crippen molar-refractivity contribution in [1.29, 1.82) is 5.26 Å². The molecule has 3 heteroatoms. The maximum atomic E-state index is 8.43. The van der Waals surface area contributed by atoms with E-state index in [0.29, 0.717) is 18.9 Å². The van der Waals surface area contributed by atoms with E-state index >= 15 is 0 Å². The smallest absolute Gasteiger partial charge is 0.0705 e. The highest BCUT2D eigenvalue weighted by Crippen LogP contribution is 1.97. The van der Waals surface area contributed by atoms with Crippen molar-refractivity contribution >= 4 is 0 Å². The van der Waals surface area contributed by atoms with Gasteiger partial charge in [-0.25, -0.2) is 0 Å². The van der Waals surface area contributed by atoms with E-state index in [1.165, 1.54) is 0 Å². The van der Waals surface area contributed by atoms with Gasteiger partial charge in [-0.2, -0.15) is 10.7 Å². The topological polar surface area (TPSA) is 45.0 Å². The van der Waals surface area contributed by atoms with Gasteiger partial charge < -0.3 is 4.84 Å². The molecule has 1 unspecified atom stereocenters. The number of rotatable bonds is 6. The molecule has 0 heterocycles. The predicted octanol–water partition coefficient (Wildman–Crippen LogP) is 1.86. The lowest BCUT2D eigenvalue weighted by Gasteiger charge is -2.14. The Hall–Kier alpha value is -0.590. The lowest BCUT2D eigenvalue weighted by atomic mass is 10.2. The van der Waals surface area contributed by atoms with Crippen molar-refractivity contribution < 1.29 is 4.84 Å². The molecular weight excluding hydrogens is 152 g/mol. The summed E-state index contributed by atoms with van der Waals surface area (Å²) in [5.74, 6) is 0.525. The molecule has 0 bridgehead atoms. The average molecular weight is 170 g/mol. The summed E-state index contributed by atoms with van der Waals surface area (Å²) in [4.78, 5) is 5.20. The Balaban J connectivity index is 3.39. The Morgan fingerprint density at radius 3 is 2.58 bits per heavy atom. The summed E-state index contributed by atoms with van der Waals surface area (Å²) in [5.41, 5.74) is 2.88. The zero-order chi connectivity index (χ0) is 9.40. The molecule has 3 nitrogen and oxygen atoms in total. The van der Waals surface area contributed by atoms with E-state index in [1.54, 1.807) is 0 Å². The Bertz CT molecular complexity index is 140. The Kier molecular flexibility index (Phi) is 6.73. The van der Waals surface area contributed by atoms with E-state index in [-0.39, 0.29) is 6.04 Å². The molecule has 0 radical (unpaired) electrons. The van der Waals surface area contributed by atoms with Gasteiger partial charge in [-0.1, -0.05) is 20.8 Å². The van der Waals surface area contributed by atoms with Gasteiger partial charge in [0, 0.05) is 6.04 Å². The summed E-state index contributed by atoms with van der Waals surface area (Å²) in [5, 5.41) is 8.43. The van der Waals surface area contributed by atoms with Gasteiger partial charge in [0.1, 0.15) is 0 Å². The maximum absolute atomic E-state index is 8.43. The number of hydrogen-bond donors (Lipinski definition) is 1. The van der Waals surface area contributed by atoms with Gasteiger partial charge in [0.25, 0.3) is 0 Å². The summed E-state index contributed by atoms with van der Waals surface area (Å²) in [6.07, 6.45) is 1.43. The SMILES string of the molecule is CCC(CC#N)NOCC(C)C. The molecule has 70 valence electrons. The standard InChI is InChI=1S/C9H18N2O/c1-4-9(5-6-10)11-12-7-8(2)3/h8-9,11H,4-5,7H2,1-3H3. The zero-order valence-corrected chi connectivity index (χ0v) is 8.13. The summed E-state index contributed by atoms with van der Waals surface area (Å²) in [6, 6.07) is 2.29. The van der Waals surface area contributed by atoms with Crippen LogP contribution in [0.2, 0.25) is 0 Å². The van der Waals surface area contributed by atoms with E-state index < -0.39 is 0 Å². The fourth-order valence-electron chi connectivity index (χ4n) is 0.712. The largest absolute Gasteiger partial charge is 0.301 e. The van der Waals surface area contributed by atoms with Crippen molar-refractivity contribution in [1.82, 2.24) is 5.48 Å². The monoisotopic (exact) mass is 170 g/mol. The first-order valence-electron chi connectivity index (χ1n) is 4.45. The van der Waals surface area contributed by atoms with E-state index in [4.69, 9.17) is 10.1 Å². The van der Waals surface area contributed by atoms with Crippen LogP contribution in [0.15, 0.2) is 0 Å². The molecule has 0 amide bonds. The van der Waals surface area contributed by atoms with E-state index in [1.807, 2.05) is 6.92 Å². The molecule has 0 aromatic carbocycles. The van der Waals surface area contributed by atoms with Crippen LogP contribution in [-0.2, 0) is 4.84 Å². The zero-order valence-electron chi connectivity index (χ0n) is 8.13. The highest BCUT2D eigenvalue weighted by Gasteiger charge is 2.04. The van der Waals surface area contributed by atoms with Crippen LogP contribution < -0.4 is 5.48 Å². The van der Waals surface area contributed by atoms with Gasteiger partial charge in [0.2, 0.25) is 0 Å². The van der Waals surface area contributed by atoms with Gasteiger partial charge in [-0.3, -0.25) is 0 Å². The molecule has 0 fully saturated rings. The molecule has 1 N–H and O–H groups in total. The van der Waals surface area contributed by atoms with Crippen LogP contribution in [0.5, 0.6) is 0 Å². The fourth-order valence-corrected chi connectivity index (χ4v) is 0.712. The van der Waals surface area contributed by atoms with Crippen LogP contribution in [0.3, 0.4) is 0 Å². The van der Waals surface area contributed by atoms with Gasteiger partial charge in [0.15, 0.2) is 0 Å². The quantitative estimate of drug-likeness (QED) is 0.619. The van der Waals surface area contributed by atoms with Crippen molar-refractivity contribution in [3.05, 3.63) is 0 Å². The van der Waals surface area contributed by atoms with Crippen molar-refractivity contribution in [2.45, 2.75) is 39.7 Å². The van der Waals surface area contributed by atoms with Crippen molar-refractivity contribution in [2.24, 2.45) is 5.92 Å². The van der Waals surface area contributed by atoms with Crippen LogP contribution in [0.4, 0.5) is 0 Å². The minimum atomic E-state index is 0.175. The van der Waals surface area contributed by atoms with Gasteiger partial charge in [-0.05, 0) is 12.3 Å². The highest BCUT2D eigenvalue weighted by atomic mass is 16.6. The first-order chi connectivity index (χ1) is 5.70. The van der Waals surface area contributed by atoms with E-state index in [2.05, 4.69) is 25.4 Å². The van der Waals surface area contributed by atoms with Gasteiger partial charge in [0.05, 0.1) is 19.1 Å². The minimum Gasteiger partial charge on any atom is -0.301 e. The molecule has 12 heavy (non-hydrogen) atoms. The van der Waals surface area contributed by atoms with Crippen molar-refractivity contribution in [2.75, 3.05) is 6.61 Å². The first-order valence-corrected chi connectivity index (χ1v) is 4.45. The Morgan fingerprint density at radius 2 is 2.17 bits per heavy atom. The molecule has 0 aromatic heterocycles. The van der Waals surface area contributed by atoms with Crippen LogP contribution in [0, 0.1) is 17.2 Å². The normalized spacial score (nSPS) is 12.9. The molecule has 0 spiro atoms. The molecule has 0 aliphatic heterocycles. The lowest BCUT2D eigenvalue weighted by molar-refractivity contribution is 0.00103. The summed E-state index contributed by atoms with van der Waals surface area (Å²) in [7, 11) is 0. The lowest BCUT2D eigenvalue weighted by Crippen LogP contribution is -2.29.